The Hall–Kier alpha value is -1.25. The van der Waals surface area contributed by atoms with Crippen LogP contribution in [0.4, 0.5) is 0 Å². The van der Waals surface area contributed by atoms with Crippen molar-refractivity contribution < 1.29 is 14.4 Å². The smallest absolute Gasteiger partial charge is 0.127 e. The molecule has 0 aromatic heterocycles. The molecule has 0 radical (unpaired) electrons. The highest BCUT2D eigenvalue weighted by Gasteiger charge is 2.52. The van der Waals surface area contributed by atoms with Crippen molar-refractivity contribution in [3.05, 3.63) is 12.2 Å². The molecule has 114 valence electrons. The largest absolute Gasteiger partial charge is 0.303 e. The number of aldehydes is 3. The predicted octanol–water partition coefficient (Wildman–Crippen LogP) is 2.98. The highest BCUT2D eigenvalue weighted by Crippen LogP contribution is 2.56. The summed E-state index contributed by atoms with van der Waals surface area (Å²) >= 11 is 0. The van der Waals surface area contributed by atoms with Crippen molar-refractivity contribution in [1.82, 2.24) is 0 Å². The molecule has 0 aromatic rings. The van der Waals surface area contributed by atoms with Gasteiger partial charge in [0.2, 0.25) is 0 Å². The molecule has 2 bridgehead atoms. The van der Waals surface area contributed by atoms with E-state index in [0.717, 1.165) is 57.4 Å². The van der Waals surface area contributed by atoms with Gasteiger partial charge in [-0.05, 0) is 55.8 Å². The summed E-state index contributed by atoms with van der Waals surface area (Å²) < 4.78 is 0. The van der Waals surface area contributed by atoms with E-state index >= 15 is 0 Å². The summed E-state index contributed by atoms with van der Waals surface area (Å²) in [6.07, 6.45) is 13.8. The quantitative estimate of drug-likeness (QED) is 0.557. The van der Waals surface area contributed by atoms with Crippen LogP contribution in [0.5, 0.6) is 0 Å². The topological polar surface area (TPSA) is 51.2 Å². The van der Waals surface area contributed by atoms with Crippen LogP contribution in [0, 0.1) is 35.0 Å². The monoisotopic (exact) mass is 288 g/mol. The zero-order valence-corrected chi connectivity index (χ0v) is 12.4. The third-order valence-electron chi connectivity index (χ3n) is 6.29. The zero-order chi connectivity index (χ0) is 14.9. The standard InChI is InChI=1S/C18H24O3/c19-7-6-18(12-21,16-3-1-2-14(9-16)11-20)17-10-13-4-5-15(17)8-13/h4-5,7,11-17H,1-3,6,8-10H2. The molecular formula is C18H24O3. The second-order valence-corrected chi connectivity index (χ2v) is 7.25. The lowest BCUT2D eigenvalue weighted by molar-refractivity contribution is -0.131. The van der Waals surface area contributed by atoms with Gasteiger partial charge in [-0.3, -0.25) is 0 Å². The third kappa shape index (κ3) is 2.41. The Kier molecular flexibility index (Phi) is 4.10. The number of hydrogen-bond acceptors (Lipinski definition) is 3. The van der Waals surface area contributed by atoms with E-state index in [-0.39, 0.29) is 11.8 Å². The van der Waals surface area contributed by atoms with Crippen molar-refractivity contribution in [1.29, 1.82) is 0 Å². The van der Waals surface area contributed by atoms with E-state index in [1.807, 2.05) is 0 Å². The molecule has 3 nitrogen and oxygen atoms in total. The molecule has 0 aliphatic heterocycles. The minimum absolute atomic E-state index is 0.0730. The van der Waals surface area contributed by atoms with Crippen LogP contribution in [0.15, 0.2) is 12.2 Å². The van der Waals surface area contributed by atoms with Gasteiger partial charge in [-0.15, -0.1) is 0 Å². The summed E-state index contributed by atoms with van der Waals surface area (Å²) in [7, 11) is 0. The van der Waals surface area contributed by atoms with E-state index < -0.39 is 5.41 Å². The fraction of sp³-hybridized carbons (Fsp3) is 0.722. The van der Waals surface area contributed by atoms with E-state index in [1.54, 1.807) is 0 Å². The molecule has 0 N–H and O–H groups in total. The highest BCUT2D eigenvalue weighted by atomic mass is 16.1. The van der Waals surface area contributed by atoms with E-state index in [9.17, 15) is 14.4 Å². The summed E-state index contributed by atoms with van der Waals surface area (Å²) in [5, 5.41) is 0. The van der Waals surface area contributed by atoms with Crippen LogP contribution in [0.2, 0.25) is 0 Å². The van der Waals surface area contributed by atoms with Crippen LogP contribution in [-0.4, -0.2) is 18.9 Å². The Balaban J connectivity index is 1.88. The molecule has 0 heterocycles. The Labute approximate surface area is 126 Å². The van der Waals surface area contributed by atoms with Gasteiger partial charge in [-0.1, -0.05) is 18.6 Å². The lowest BCUT2D eigenvalue weighted by Crippen LogP contribution is -2.44. The number of allylic oxidation sites excluding steroid dienone is 2. The van der Waals surface area contributed by atoms with Crippen molar-refractivity contribution in [2.45, 2.75) is 44.9 Å². The molecule has 2 fully saturated rings. The summed E-state index contributed by atoms with van der Waals surface area (Å²) in [4.78, 5) is 34.6. The van der Waals surface area contributed by atoms with Crippen LogP contribution in [0.25, 0.3) is 0 Å². The molecule has 6 atom stereocenters. The highest BCUT2D eigenvalue weighted by molar-refractivity contribution is 5.68. The molecule has 0 saturated heterocycles. The number of hydrogen-bond donors (Lipinski definition) is 0. The van der Waals surface area contributed by atoms with E-state index in [0.29, 0.717) is 24.2 Å². The van der Waals surface area contributed by atoms with Crippen LogP contribution >= 0.6 is 0 Å². The van der Waals surface area contributed by atoms with Gasteiger partial charge in [0.25, 0.3) is 0 Å². The maximum atomic E-state index is 12.1. The lowest BCUT2D eigenvalue weighted by atomic mass is 9.57. The molecule has 3 rings (SSSR count). The summed E-state index contributed by atoms with van der Waals surface area (Å²) in [6.45, 7) is 0. The molecule has 0 aromatic carbocycles. The molecule has 3 aliphatic carbocycles. The average molecular weight is 288 g/mol. The first-order valence-electron chi connectivity index (χ1n) is 8.27. The molecule has 2 saturated carbocycles. The first kappa shape index (κ1) is 14.7. The predicted molar refractivity (Wildman–Crippen MR) is 79.5 cm³/mol. The SMILES string of the molecule is O=CCC(C=O)(C1CCCC(C=O)C1)C1CC2C=CC1C2. The molecule has 21 heavy (non-hydrogen) atoms. The summed E-state index contributed by atoms with van der Waals surface area (Å²) in [5.41, 5.74) is -0.534. The molecular weight excluding hydrogens is 264 g/mol. The lowest BCUT2D eigenvalue weighted by Gasteiger charge is -2.45. The van der Waals surface area contributed by atoms with Crippen molar-refractivity contribution in [3.63, 3.8) is 0 Å². The van der Waals surface area contributed by atoms with Crippen LogP contribution in [0.3, 0.4) is 0 Å². The number of carbonyl (C=O) groups is 3. The van der Waals surface area contributed by atoms with Crippen molar-refractivity contribution in [3.8, 4) is 0 Å². The maximum absolute atomic E-state index is 12.1. The third-order valence-corrected chi connectivity index (χ3v) is 6.29. The minimum Gasteiger partial charge on any atom is -0.303 e. The zero-order valence-electron chi connectivity index (χ0n) is 12.4. The van der Waals surface area contributed by atoms with E-state index in [4.69, 9.17) is 0 Å². The van der Waals surface area contributed by atoms with Crippen LogP contribution in [0.1, 0.15) is 44.9 Å². The van der Waals surface area contributed by atoms with Crippen molar-refractivity contribution in [2.24, 2.45) is 35.0 Å². The van der Waals surface area contributed by atoms with Gasteiger partial charge < -0.3 is 14.4 Å². The molecule has 3 aliphatic rings. The van der Waals surface area contributed by atoms with Crippen LogP contribution in [-0.2, 0) is 14.4 Å². The van der Waals surface area contributed by atoms with E-state index in [1.165, 1.54) is 0 Å². The first-order chi connectivity index (χ1) is 10.2. The van der Waals surface area contributed by atoms with E-state index in [2.05, 4.69) is 12.2 Å². The first-order valence-corrected chi connectivity index (χ1v) is 8.27. The van der Waals surface area contributed by atoms with Gasteiger partial charge >= 0.3 is 0 Å². The normalized spacial score (nSPS) is 40.7. The Morgan fingerprint density at radius 1 is 1.05 bits per heavy atom. The number of carbonyl (C=O) groups excluding carboxylic acids is 3. The van der Waals surface area contributed by atoms with Crippen molar-refractivity contribution in [2.75, 3.05) is 0 Å². The van der Waals surface area contributed by atoms with Gasteiger partial charge in [-0.25, -0.2) is 0 Å². The number of rotatable bonds is 6. The summed E-state index contributed by atoms with van der Waals surface area (Å²) in [6, 6.07) is 0. The maximum Gasteiger partial charge on any atom is 0.127 e. The Morgan fingerprint density at radius 3 is 2.48 bits per heavy atom. The second kappa shape index (κ2) is 5.86. The Bertz CT molecular complexity index is 455. The van der Waals surface area contributed by atoms with Gasteiger partial charge in [0, 0.05) is 17.8 Å². The van der Waals surface area contributed by atoms with Crippen molar-refractivity contribution >= 4 is 18.9 Å². The molecule has 3 heteroatoms. The Morgan fingerprint density at radius 2 is 1.90 bits per heavy atom. The fourth-order valence-electron chi connectivity index (χ4n) is 5.23. The minimum atomic E-state index is -0.534. The summed E-state index contributed by atoms with van der Waals surface area (Å²) in [5.74, 6) is 1.62. The molecule has 6 unspecified atom stereocenters. The van der Waals surface area contributed by atoms with Gasteiger partial charge in [0.1, 0.15) is 18.9 Å². The fourth-order valence-corrected chi connectivity index (χ4v) is 5.23. The molecule has 0 amide bonds. The van der Waals surface area contributed by atoms with Gasteiger partial charge in [0.05, 0.1) is 0 Å². The molecule has 0 spiro atoms. The van der Waals surface area contributed by atoms with Gasteiger partial charge in [-0.2, -0.15) is 0 Å². The van der Waals surface area contributed by atoms with Gasteiger partial charge in [0.15, 0.2) is 0 Å². The average Bonchev–Trinajstić information content (AvgIpc) is 3.16. The second-order valence-electron chi connectivity index (χ2n) is 7.25. The number of fused-ring (bicyclic) bond motifs is 2. The van der Waals surface area contributed by atoms with Crippen LogP contribution < -0.4 is 0 Å².